The van der Waals surface area contributed by atoms with Gasteiger partial charge in [0.2, 0.25) is 0 Å². The Labute approximate surface area is 127 Å². The van der Waals surface area contributed by atoms with Crippen LogP contribution in [0.15, 0.2) is 24.3 Å². The van der Waals surface area contributed by atoms with E-state index < -0.39 is 6.10 Å². The van der Waals surface area contributed by atoms with E-state index in [0.29, 0.717) is 12.4 Å². The first-order valence-electron chi connectivity index (χ1n) is 7.90. The van der Waals surface area contributed by atoms with Crippen LogP contribution < -0.4 is 4.74 Å². The zero-order chi connectivity index (χ0) is 15.3. The molecule has 4 heteroatoms. The molecule has 0 spiro atoms. The zero-order valence-corrected chi connectivity index (χ0v) is 13.0. The van der Waals surface area contributed by atoms with E-state index in [1.165, 1.54) is 38.2 Å². The Morgan fingerprint density at radius 2 is 1.81 bits per heavy atom. The Kier molecular flexibility index (Phi) is 9.66. The molecule has 0 heterocycles. The number of ether oxygens (including phenoxy) is 2. The van der Waals surface area contributed by atoms with E-state index in [1.807, 2.05) is 0 Å². The highest BCUT2D eigenvalue weighted by atomic mass is 16.5. The van der Waals surface area contributed by atoms with Gasteiger partial charge in [0.15, 0.2) is 0 Å². The lowest BCUT2D eigenvalue weighted by Gasteiger charge is -2.13. The van der Waals surface area contributed by atoms with Crippen molar-refractivity contribution in [1.29, 1.82) is 0 Å². The Bertz CT molecular complexity index is 368. The zero-order valence-electron chi connectivity index (χ0n) is 13.0. The molecule has 2 N–H and O–H groups in total. The first-order valence-corrected chi connectivity index (χ1v) is 7.90. The molecule has 0 saturated heterocycles. The average Bonchev–Trinajstić information content (AvgIpc) is 2.48. The maximum atomic E-state index is 9.74. The van der Waals surface area contributed by atoms with Gasteiger partial charge in [-0.05, 0) is 18.6 Å². The highest BCUT2D eigenvalue weighted by molar-refractivity contribution is 5.31. The third kappa shape index (κ3) is 9.32. The standard InChI is InChI=1S/C17H28O4/c1-2-3-4-5-6-7-11-20-13-16(19)14-21-17-10-8-9-15(18)12-17/h8-10,12,16,18-19H,2-7,11,13-14H2,1H3. The van der Waals surface area contributed by atoms with Gasteiger partial charge in [0.1, 0.15) is 24.2 Å². The van der Waals surface area contributed by atoms with Gasteiger partial charge in [-0.1, -0.05) is 45.1 Å². The summed E-state index contributed by atoms with van der Waals surface area (Å²) in [5, 5.41) is 19.0. The average molecular weight is 296 g/mol. The number of benzene rings is 1. The molecule has 4 nitrogen and oxygen atoms in total. The molecule has 0 radical (unpaired) electrons. The summed E-state index contributed by atoms with van der Waals surface area (Å²) in [6.07, 6.45) is 6.73. The first-order chi connectivity index (χ1) is 10.2. The van der Waals surface area contributed by atoms with Crippen molar-refractivity contribution in [3.8, 4) is 11.5 Å². The van der Waals surface area contributed by atoms with E-state index in [4.69, 9.17) is 9.47 Å². The van der Waals surface area contributed by atoms with Crippen LogP contribution in [0.5, 0.6) is 11.5 Å². The van der Waals surface area contributed by atoms with E-state index in [0.717, 1.165) is 6.42 Å². The molecule has 0 bridgehead atoms. The number of aromatic hydroxyl groups is 1. The van der Waals surface area contributed by atoms with Crippen molar-refractivity contribution in [2.24, 2.45) is 0 Å². The lowest BCUT2D eigenvalue weighted by molar-refractivity contribution is 0.0109. The molecular weight excluding hydrogens is 268 g/mol. The van der Waals surface area contributed by atoms with Crippen molar-refractivity contribution < 1.29 is 19.7 Å². The minimum Gasteiger partial charge on any atom is -0.508 e. The van der Waals surface area contributed by atoms with Gasteiger partial charge in [0.25, 0.3) is 0 Å². The SMILES string of the molecule is CCCCCCCCOCC(O)COc1cccc(O)c1. The second-order valence-electron chi connectivity index (χ2n) is 5.30. The van der Waals surface area contributed by atoms with E-state index in [2.05, 4.69) is 6.92 Å². The van der Waals surface area contributed by atoms with Gasteiger partial charge in [-0.2, -0.15) is 0 Å². The Morgan fingerprint density at radius 3 is 2.57 bits per heavy atom. The van der Waals surface area contributed by atoms with Gasteiger partial charge in [-0.15, -0.1) is 0 Å². The molecule has 0 saturated carbocycles. The quantitative estimate of drug-likeness (QED) is 0.580. The number of aliphatic hydroxyl groups excluding tert-OH is 1. The van der Waals surface area contributed by atoms with Gasteiger partial charge in [0.05, 0.1) is 6.61 Å². The summed E-state index contributed by atoms with van der Waals surface area (Å²) in [6.45, 7) is 3.35. The number of hydrogen-bond acceptors (Lipinski definition) is 4. The molecule has 1 unspecified atom stereocenters. The number of phenols is 1. The van der Waals surface area contributed by atoms with Crippen molar-refractivity contribution >= 4 is 0 Å². The highest BCUT2D eigenvalue weighted by Crippen LogP contribution is 2.17. The summed E-state index contributed by atoms with van der Waals surface area (Å²) >= 11 is 0. The van der Waals surface area contributed by atoms with Crippen molar-refractivity contribution in [3.63, 3.8) is 0 Å². The fraction of sp³-hybridized carbons (Fsp3) is 0.647. The minimum absolute atomic E-state index is 0.154. The lowest BCUT2D eigenvalue weighted by atomic mass is 10.1. The largest absolute Gasteiger partial charge is 0.508 e. The van der Waals surface area contributed by atoms with Gasteiger partial charge >= 0.3 is 0 Å². The van der Waals surface area contributed by atoms with Crippen LogP contribution in [0.2, 0.25) is 0 Å². The number of phenolic OH excluding ortho intramolecular Hbond substituents is 1. The summed E-state index contributed by atoms with van der Waals surface area (Å²) in [7, 11) is 0. The first kappa shape index (κ1) is 17.8. The molecule has 0 aliphatic carbocycles. The van der Waals surface area contributed by atoms with Crippen LogP contribution in [0.3, 0.4) is 0 Å². The number of unbranched alkanes of at least 4 members (excludes halogenated alkanes) is 5. The number of rotatable bonds is 12. The third-order valence-corrected chi connectivity index (χ3v) is 3.21. The van der Waals surface area contributed by atoms with Gasteiger partial charge in [-0.25, -0.2) is 0 Å². The summed E-state index contributed by atoms with van der Waals surface area (Å²) in [4.78, 5) is 0. The van der Waals surface area contributed by atoms with E-state index in [1.54, 1.807) is 18.2 Å². The second kappa shape index (κ2) is 11.4. The van der Waals surface area contributed by atoms with Crippen molar-refractivity contribution in [2.45, 2.75) is 51.6 Å². The van der Waals surface area contributed by atoms with Crippen LogP contribution in [-0.4, -0.2) is 36.1 Å². The summed E-state index contributed by atoms with van der Waals surface area (Å²) in [5.74, 6) is 0.700. The van der Waals surface area contributed by atoms with Crippen LogP contribution in [0.1, 0.15) is 45.4 Å². The maximum absolute atomic E-state index is 9.74. The Hall–Kier alpha value is -1.26. The molecule has 120 valence electrons. The highest BCUT2D eigenvalue weighted by Gasteiger charge is 2.05. The van der Waals surface area contributed by atoms with Crippen LogP contribution in [0.4, 0.5) is 0 Å². The predicted molar refractivity (Wildman–Crippen MR) is 83.8 cm³/mol. The van der Waals surface area contributed by atoms with Gasteiger partial charge in [-0.3, -0.25) is 0 Å². The predicted octanol–water partition coefficient (Wildman–Crippen LogP) is 3.51. The van der Waals surface area contributed by atoms with E-state index in [-0.39, 0.29) is 19.0 Å². The second-order valence-corrected chi connectivity index (χ2v) is 5.30. The topological polar surface area (TPSA) is 58.9 Å². The van der Waals surface area contributed by atoms with Gasteiger partial charge < -0.3 is 19.7 Å². The lowest BCUT2D eigenvalue weighted by Crippen LogP contribution is -2.23. The number of hydrogen-bond donors (Lipinski definition) is 2. The molecule has 1 aromatic carbocycles. The maximum Gasteiger partial charge on any atom is 0.123 e. The van der Waals surface area contributed by atoms with Gasteiger partial charge in [0, 0.05) is 12.7 Å². The monoisotopic (exact) mass is 296 g/mol. The molecule has 0 aromatic heterocycles. The summed E-state index contributed by atoms with van der Waals surface area (Å²) in [6, 6.07) is 6.53. The molecule has 1 aromatic rings. The van der Waals surface area contributed by atoms with Crippen LogP contribution >= 0.6 is 0 Å². The molecular formula is C17H28O4. The third-order valence-electron chi connectivity index (χ3n) is 3.21. The number of aliphatic hydroxyl groups is 1. The summed E-state index contributed by atoms with van der Waals surface area (Å²) < 4.78 is 10.8. The van der Waals surface area contributed by atoms with Crippen molar-refractivity contribution in [2.75, 3.05) is 19.8 Å². The van der Waals surface area contributed by atoms with Crippen molar-refractivity contribution in [3.05, 3.63) is 24.3 Å². The molecule has 21 heavy (non-hydrogen) atoms. The minimum atomic E-state index is -0.646. The Balaban J connectivity index is 1.97. The molecule has 0 amide bonds. The molecule has 1 rings (SSSR count). The fourth-order valence-electron chi connectivity index (χ4n) is 2.02. The molecule has 0 fully saturated rings. The molecule has 0 aliphatic heterocycles. The fourth-order valence-corrected chi connectivity index (χ4v) is 2.02. The van der Waals surface area contributed by atoms with Crippen LogP contribution in [0.25, 0.3) is 0 Å². The summed E-state index contributed by atoms with van der Waals surface area (Å²) in [5.41, 5.74) is 0. The molecule has 1 atom stereocenters. The van der Waals surface area contributed by atoms with E-state index >= 15 is 0 Å². The normalized spacial score (nSPS) is 12.3. The van der Waals surface area contributed by atoms with Crippen LogP contribution in [0, 0.1) is 0 Å². The van der Waals surface area contributed by atoms with Crippen LogP contribution in [-0.2, 0) is 4.74 Å². The van der Waals surface area contributed by atoms with Crippen molar-refractivity contribution in [1.82, 2.24) is 0 Å². The van der Waals surface area contributed by atoms with E-state index in [9.17, 15) is 10.2 Å². The smallest absolute Gasteiger partial charge is 0.123 e. The molecule has 0 aliphatic rings. The Morgan fingerprint density at radius 1 is 1.05 bits per heavy atom.